The summed E-state index contributed by atoms with van der Waals surface area (Å²) < 4.78 is 37.5. The predicted octanol–water partition coefficient (Wildman–Crippen LogP) is 3.44. The number of carbonyl (C=O) groups excluding carboxylic acids is 1. The van der Waals surface area contributed by atoms with Gasteiger partial charge in [-0.25, -0.2) is 0 Å². The summed E-state index contributed by atoms with van der Waals surface area (Å²) in [7, 11) is 0. The van der Waals surface area contributed by atoms with E-state index in [2.05, 4.69) is 5.32 Å². The fourth-order valence-corrected chi connectivity index (χ4v) is 4.10. The van der Waals surface area contributed by atoms with Crippen LogP contribution in [0.4, 0.5) is 13.2 Å². The highest BCUT2D eigenvalue weighted by atomic mass is 32.1. The Morgan fingerprint density at radius 1 is 1.11 bits per heavy atom. The lowest BCUT2D eigenvalue weighted by Gasteiger charge is -2.34. The highest BCUT2D eigenvalue weighted by Gasteiger charge is 2.32. The molecule has 28 heavy (non-hydrogen) atoms. The maximum absolute atomic E-state index is 12.6. The summed E-state index contributed by atoms with van der Waals surface area (Å²) in [6.45, 7) is 2.86. The van der Waals surface area contributed by atoms with Crippen molar-refractivity contribution in [2.75, 3.05) is 39.3 Å². The van der Waals surface area contributed by atoms with Gasteiger partial charge < -0.3 is 5.32 Å². The minimum atomic E-state index is -4.18. The van der Waals surface area contributed by atoms with E-state index in [1.807, 2.05) is 53.6 Å². The quantitative estimate of drug-likeness (QED) is 0.791. The van der Waals surface area contributed by atoms with Crippen LogP contribution < -0.4 is 5.32 Å². The zero-order valence-corrected chi connectivity index (χ0v) is 16.5. The van der Waals surface area contributed by atoms with E-state index in [9.17, 15) is 18.0 Å². The summed E-state index contributed by atoms with van der Waals surface area (Å²) in [6, 6.07) is 11.8. The van der Waals surface area contributed by atoms with Crippen molar-refractivity contribution < 1.29 is 18.0 Å². The maximum Gasteiger partial charge on any atom is 0.401 e. The van der Waals surface area contributed by atoms with Crippen molar-refractivity contribution >= 4 is 17.2 Å². The van der Waals surface area contributed by atoms with Gasteiger partial charge in [-0.3, -0.25) is 14.6 Å². The Morgan fingerprint density at radius 3 is 2.32 bits per heavy atom. The molecule has 0 spiro atoms. The minimum absolute atomic E-state index is 0.122. The second-order valence-corrected chi connectivity index (χ2v) is 8.07. The molecule has 2 aromatic rings. The molecule has 1 amide bonds. The molecule has 1 aromatic carbocycles. The second-order valence-electron chi connectivity index (χ2n) is 7.09. The smallest absolute Gasteiger partial charge is 0.343 e. The van der Waals surface area contributed by atoms with E-state index >= 15 is 0 Å². The average Bonchev–Trinajstić information content (AvgIpc) is 3.15. The summed E-state index contributed by atoms with van der Waals surface area (Å²) >= 11 is 1.58. The zero-order chi connectivity index (χ0) is 20.1. The lowest BCUT2D eigenvalue weighted by molar-refractivity contribution is -0.150. The first-order valence-corrected chi connectivity index (χ1v) is 10.1. The van der Waals surface area contributed by atoms with Gasteiger partial charge in [0.15, 0.2) is 0 Å². The Balaban J connectivity index is 1.57. The van der Waals surface area contributed by atoms with Gasteiger partial charge in [-0.1, -0.05) is 35.9 Å². The van der Waals surface area contributed by atoms with Gasteiger partial charge in [-0.2, -0.15) is 13.2 Å². The van der Waals surface area contributed by atoms with Crippen LogP contribution in [-0.4, -0.2) is 61.2 Å². The van der Waals surface area contributed by atoms with Gasteiger partial charge in [0.25, 0.3) is 0 Å². The molecule has 1 fully saturated rings. The van der Waals surface area contributed by atoms with Crippen LogP contribution in [0.25, 0.3) is 0 Å². The van der Waals surface area contributed by atoms with Crippen LogP contribution in [0.2, 0.25) is 0 Å². The van der Waals surface area contributed by atoms with Crippen LogP contribution in [0.15, 0.2) is 41.8 Å². The molecule has 0 aliphatic carbocycles. The molecule has 1 unspecified atom stereocenters. The largest absolute Gasteiger partial charge is 0.401 e. The standard InChI is InChI=1S/C20H24F3N3OS/c1-15-4-6-16(7-5-15)19(17-3-2-12-28-17)24-18(27)13-25-8-10-26(11-9-25)14-20(21,22)23/h2-7,12,19H,8-11,13-14H2,1H3,(H,24,27). The molecule has 1 aliphatic heterocycles. The lowest BCUT2D eigenvalue weighted by atomic mass is 10.0. The number of aryl methyl sites for hydroxylation is 1. The van der Waals surface area contributed by atoms with Gasteiger partial charge in [0.2, 0.25) is 5.91 Å². The Kier molecular flexibility index (Phi) is 6.74. The summed E-state index contributed by atoms with van der Waals surface area (Å²) in [5.41, 5.74) is 2.16. The van der Waals surface area contributed by atoms with E-state index in [0.717, 1.165) is 16.0 Å². The van der Waals surface area contributed by atoms with Gasteiger partial charge in [0.1, 0.15) is 0 Å². The molecule has 4 nitrogen and oxygen atoms in total. The Bertz CT molecular complexity index is 754. The minimum Gasteiger partial charge on any atom is -0.343 e. The van der Waals surface area contributed by atoms with Gasteiger partial charge in [0, 0.05) is 31.1 Å². The molecule has 0 bridgehead atoms. The zero-order valence-electron chi connectivity index (χ0n) is 15.7. The van der Waals surface area contributed by atoms with Gasteiger partial charge in [-0.05, 0) is 23.9 Å². The number of halogens is 3. The summed E-state index contributed by atoms with van der Waals surface area (Å²) in [5, 5.41) is 5.06. The number of benzene rings is 1. The van der Waals surface area contributed by atoms with Gasteiger partial charge in [0.05, 0.1) is 19.1 Å². The number of nitrogens with zero attached hydrogens (tertiary/aromatic N) is 2. The number of piperazine rings is 1. The summed E-state index contributed by atoms with van der Waals surface area (Å²) in [6.07, 6.45) is -4.18. The van der Waals surface area contributed by atoms with Crippen LogP contribution in [-0.2, 0) is 4.79 Å². The molecule has 3 rings (SSSR count). The number of carbonyl (C=O) groups is 1. The molecule has 1 aliphatic rings. The number of amides is 1. The number of rotatable bonds is 6. The van der Waals surface area contributed by atoms with Crippen molar-refractivity contribution in [1.82, 2.24) is 15.1 Å². The normalized spacial score (nSPS) is 17.4. The van der Waals surface area contributed by atoms with Crippen molar-refractivity contribution in [3.8, 4) is 0 Å². The first-order chi connectivity index (χ1) is 13.3. The van der Waals surface area contributed by atoms with E-state index in [-0.39, 0.29) is 18.5 Å². The summed E-state index contributed by atoms with van der Waals surface area (Å²) in [5.74, 6) is -0.122. The van der Waals surface area contributed by atoms with E-state index in [1.165, 1.54) is 4.90 Å². The molecule has 8 heteroatoms. The van der Waals surface area contributed by atoms with Crippen molar-refractivity contribution in [3.05, 3.63) is 57.8 Å². The number of alkyl halides is 3. The molecule has 0 radical (unpaired) electrons. The fourth-order valence-electron chi connectivity index (χ4n) is 3.30. The Morgan fingerprint density at radius 2 is 1.75 bits per heavy atom. The number of thiophene rings is 1. The molecular weight excluding hydrogens is 387 g/mol. The summed E-state index contributed by atoms with van der Waals surface area (Å²) in [4.78, 5) is 17.0. The molecule has 1 N–H and O–H groups in total. The molecule has 0 saturated carbocycles. The van der Waals surface area contributed by atoms with E-state index in [4.69, 9.17) is 0 Å². The van der Waals surface area contributed by atoms with Crippen LogP contribution in [0, 0.1) is 6.92 Å². The highest BCUT2D eigenvalue weighted by molar-refractivity contribution is 7.10. The van der Waals surface area contributed by atoms with E-state index in [1.54, 1.807) is 11.3 Å². The van der Waals surface area contributed by atoms with Crippen molar-refractivity contribution in [3.63, 3.8) is 0 Å². The fraction of sp³-hybridized carbons (Fsp3) is 0.450. The molecule has 2 heterocycles. The second kappa shape index (κ2) is 9.07. The molecule has 1 atom stereocenters. The maximum atomic E-state index is 12.6. The molecular formula is C20H24F3N3OS. The number of nitrogens with one attached hydrogen (secondary N) is 1. The third kappa shape index (κ3) is 6.05. The molecule has 1 aromatic heterocycles. The Labute approximate surface area is 167 Å². The third-order valence-electron chi connectivity index (χ3n) is 4.78. The van der Waals surface area contributed by atoms with Gasteiger partial charge >= 0.3 is 6.18 Å². The number of hydrogen-bond acceptors (Lipinski definition) is 4. The van der Waals surface area contributed by atoms with Crippen LogP contribution in [0.1, 0.15) is 22.0 Å². The van der Waals surface area contributed by atoms with E-state index < -0.39 is 12.7 Å². The molecule has 152 valence electrons. The first-order valence-electron chi connectivity index (χ1n) is 9.21. The lowest BCUT2D eigenvalue weighted by Crippen LogP contribution is -2.51. The van der Waals surface area contributed by atoms with Crippen LogP contribution in [0.3, 0.4) is 0 Å². The SMILES string of the molecule is Cc1ccc(C(NC(=O)CN2CCN(CC(F)(F)F)CC2)c2cccs2)cc1. The Hall–Kier alpha value is -1.90. The van der Waals surface area contributed by atoms with Crippen LogP contribution in [0.5, 0.6) is 0 Å². The molecule has 1 saturated heterocycles. The number of hydrogen-bond donors (Lipinski definition) is 1. The van der Waals surface area contributed by atoms with Crippen molar-refractivity contribution in [2.24, 2.45) is 0 Å². The average molecular weight is 411 g/mol. The monoisotopic (exact) mass is 411 g/mol. The van der Waals surface area contributed by atoms with Crippen molar-refractivity contribution in [2.45, 2.75) is 19.1 Å². The van der Waals surface area contributed by atoms with Crippen LogP contribution >= 0.6 is 11.3 Å². The third-order valence-corrected chi connectivity index (χ3v) is 5.72. The first kappa shape index (κ1) is 20.8. The highest BCUT2D eigenvalue weighted by Crippen LogP contribution is 2.26. The predicted molar refractivity (Wildman–Crippen MR) is 104 cm³/mol. The van der Waals surface area contributed by atoms with Gasteiger partial charge in [-0.15, -0.1) is 11.3 Å². The topological polar surface area (TPSA) is 35.6 Å². The van der Waals surface area contributed by atoms with Crippen molar-refractivity contribution in [1.29, 1.82) is 0 Å². The van der Waals surface area contributed by atoms with E-state index in [0.29, 0.717) is 26.2 Å².